The van der Waals surface area contributed by atoms with Crippen LogP contribution in [0.3, 0.4) is 0 Å². The van der Waals surface area contributed by atoms with E-state index in [0.29, 0.717) is 11.4 Å². The maximum absolute atomic E-state index is 12.6. The number of sulfonamides is 1. The second-order valence-corrected chi connectivity index (χ2v) is 8.22. The van der Waals surface area contributed by atoms with Gasteiger partial charge < -0.3 is 4.74 Å². The van der Waals surface area contributed by atoms with Crippen LogP contribution < -0.4 is 14.9 Å². The first-order valence-corrected chi connectivity index (χ1v) is 10.5. The van der Waals surface area contributed by atoms with Crippen molar-refractivity contribution in [3.63, 3.8) is 0 Å². The summed E-state index contributed by atoms with van der Waals surface area (Å²) in [6, 6.07) is 21.2. The minimum Gasteiger partial charge on any atom is -0.497 e. The summed E-state index contributed by atoms with van der Waals surface area (Å²) >= 11 is 0. The summed E-state index contributed by atoms with van der Waals surface area (Å²) in [5.74, 6) is 0.659. The Hall–Kier alpha value is -3.32. The van der Waals surface area contributed by atoms with Gasteiger partial charge in [-0.25, -0.2) is 8.42 Å². The number of hydrazone groups is 1. The van der Waals surface area contributed by atoms with E-state index in [2.05, 4.69) is 15.2 Å². The van der Waals surface area contributed by atoms with Gasteiger partial charge in [0.2, 0.25) is 0 Å². The highest BCUT2D eigenvalue weighted by Crippen LogP contribution is 2.20. The molecule has 0 aromatic heterocycles. The molecule has 29 heavy (non-hydrogen) atoms. The van der Waals surface area contributed by atoms with E-state index < -0.39 is 10.0 Å². The third kappa shape index (κ3) is 5.36. The lowest BCUT2D eigenvalue weighted by Crippen LogP contribution is -2.13. The first-order valence-electron chi connectivity index (χ1n) is 9.02. The Morgan fingerprint density at radius 2 is 1.45 bits per heavy atom. The molecular weight excluding hydrogens is 386 g/mol. The molecule has 0 heterocycles. The highest BCUT2D eigenvalue weighted by atomic mass is 32.2. The summed E-state index contributed by atoms with van der Waals surface area (Å²) in [5, 5.41) is 4.36. The third-order valence-corrected chi connectivity index (χ3v) is 5.73. The zero-order valence-electron chi connectivity index (χ0n) is 16.5. The molecule has 3 aromatic rings. The van der Waals surface area contributed by atoms with Gasteiger partial charge in [0.15, 0.2) is 0 Å². The lowest BCUT2D eigenvalue weighted by atomic mass is 10.1. The maximum atomic E-state index is 12.6. The number of methoxy groups -OCH3 is 1. The Kier molecular flexibility index (Phi) is 6.19. The quantitative estimate of drug-likeness (QED) is 0.440. The molecule has 0 atom stereocenters. The second kappa shape index (κ2) is 8.79. The van der Waals surface area contributed by atoms with Crippen LogP contribution in [0.4, 0.5) is 11.4 Å². The minimum atomic E-state index is -3.68. The van der Waals surface area contributed by atoms with Gasteiger partial charge in [-0.1, -0.05) is 29.8 Å². The number of nitrogens with zero attached hydrogens (tertiary/aromatic N) is 1. The largest absolute Gasteiger partial charge is 0.497 e. The minimum absolute atomic E-state index is 0.177. The average molecular weight is 410 g/mol. The predicted octanol–water partition coefficient (Wildman–Crippen LogP) is 4.64. The molecule has 0 aliphatic heterocycles. The van der Waals surface area contributed by atoms with E-state index in [1.54, 1.807) is 55.6 Å². The van der Waals surface area contributed by atoms with Gasteiger partial charge in [-0.15, -0.1) is 0 Å². The van der Waals surface area contributed by atoms with Crippen LogP contribution in [0.5, 0.6) is 5.75 Å². The molecule has 3 aromatic carbocycles. The Morgan fingerprint density at radius 3 is 2.03 bits per heavy atom. The number of hydrogen-bond acceptors (Lipinski definition) is 5. The molecule has 2 N–H and O–H groups in total. The molecule has 0 radical (unpaired) electrons. The van der Waals surface area contributed by atoms with Crippen molar-refractivity contribution in [2.45, 2.75) is 18.7 Å². The van der Waals surface area contributed by atoms with Crippen LogP contribution in [0.2, 0.25) is 0 Å². The molecule has 3 rings (SSSR count). The fourth-order valence-corrected chi connectivity index (χ4v) is 3.65. The standard InChI is InChI=1S/C22H23N3O3S/c1-16-4-8-19(9-5-16)24-23-17(2)18-6-14-22(15-7-18)29(26,27)25-20-10-12-21(28-3)13-11-20/h4-15,24-25H,1-3H3/b23-17-. The number of rotatable bonds is 7. The molecule has 0 aliphatic rings. The third-order valence-electron chi connectivity index (χ3n) is 4.33. The topological polar surface area (TPSA) is 79.8 Å². The van der Waals surface area contributed by atoms with Crippen molar-refractivity contribution in [1.82, 2.24) is 0 Å². The molecule has 0 amide bonds. The van der Waals surface area contributed by atoms with E-state index in [0.717, 1.165) is 17.0 Å². The van der Waals surface area contributed by atoms with Crippen molar-refractivity contribution >= 4 is 27.1 Å². The molecule has 7 heteroatoms. The number of hydrogen-bond donors (Lipinski definition) is 2. The lowest BCUT2D eigenvalue weighted by molar-refractivity contribution is 0.415. The van der Waals surface area contributed by atoms with Crippen molar-refractivity contribution < 1.29 is 13.2 Å². The fourth-order valence-electron chi connectivity index (χ4n) is 2.59. The Morgan fingerprint density at radius 1 is 0.862 bits per heavy atom. The van der Waals surface area contributed by atoms with Crippen molar-refractivity contribution in [3.8, 4) is 5.75 Å². The first kappa shape index (κ1) is 20.4. The molecular formula is C22H23N3O3S. The number of nitrogens with one attached hydrogen (secondary N) is 2. The summed E-state index contributed by atoms with van der Waals surface area (Å²) in [4.78, 5) is 0.177. The van der Waals surface area contributed by atoms with Gasteiger partial charge in [0.05, 0.1) is 23.4 Å². The molecule has 0 fully saturated rings. The van der Waals surface area contributed by atoms with E-state index >= 15 is 0 Å². The first-order chi connectivity index (χ1) is 13.9. The van der Waals surface area contributed by atoms with E-state index in [1.807, 2.05) is 38.1 Å². The van der Waals surface area contributed by atoms with Crippen LogP contribution in [-0.2, 0) is 10.0 Å². The van der Waals surface area contributed by atoms with Gasteiger partial charge in [0.25, 0.3) is 10.0 Å². The summed E-state index contributed by atoms with van der Waals surface area (Å²) in [5.41, 5.74) is 7.11. The van der Waals surface area contributed by atoms with Crippen LogP contribution in [0.1, 0.15) is 18.1 Å². The van der Waals surface area contributed by atoms with Crippen LogP contribution in [0, 0.1) is 6.92 Å². The van der Waals surface area contributed by atoms with Crippen molar-refractivity contribution in [1.29, 1.82) is 0 Å². The Bertz CT molecular complexity index is 1090. The van der Waals surface area contributed by atoms with E-state index in [1.165, 1.54) is 5.56 Å². The van der Waals surface area contributed by atoms with Crippen LogP contribution in [-0.4, -0.2) is 21.2 Å². The van der Waals surface area contributed by atoms with Crippen molar-refractivity contribution in [2.24, 2.45) is 5.10 Å². The van der Waals surface area contributed by atoms with Crippen molar-refractivity contribution in [3.05, 3.63) is 83.9 Å². The SMILES string of the molecule is COc1ccc(NS(=O)(=O)c2ccc(/C(C)=N\Nc3ccc(C)cc3)cc2)cc1. The van der Waals surface area contributed by atoms with Gasteiger partial charge >= 0.3 is 0 Å². The highest BCUT2D eigenvalue weighted by molar-refractivity contribution is 7.92. The second-order valence-electron chi connectivity index (χ2n) is 6.53. The van der Waals surface area contributed by atoms with Crippen LogP contribution in [0.15, 0.2) is 82.8 Å². The molecule has 0 saturated heterocycles. The van der Waals surface area contributed by atoms with Crippen LogP contribution >= 0.6 is 0 Å². The van der Waals surface area contributed by atoms with Gasteiger partial charge in [-0.05, 0) is 67.9 Å². The Balaban J connectivity index is 1.70. The summed E-state index contributed by atoms with van der Waals surface area (Å²) < 4.78 is 32.8. The van der Waals surface area contributed by atoms with Crippen LogP contribution in [0.25, 0.3) is 0 Å². The highest BCUT2D eigenvalue weighted by Gasteiger charge is 2.14. The summed E-state index contributed by atoms with van der Waals surface area (Å²) in [6.45, 7) is 3.89. The molecule has 0 saturated carbocycles. The molecule has 150 valence electrons. The fraction of sp³-hybridized carbons (Fsp3) is 0.136. The smallest absolute Gasteiger partial charge is 0.261 e. The molecule has 0 spiro atoms. The number of aryl methyl sites for hydroxylation is 1. The van der Waals surface area contributed by atoms with E-state index in [-0.39, 0.29) is 4.90 Å². The molecule has 0 aliphatic carbocycles. The van der Waals surface area contributed by atoms with Gasteiger partial charge in [0.1, 0.15) is 5.75 Å². The van der Waals surface area contributed by atoms with E-state index in [4.69, 9.17) is 4.74 Å². The number of benzene rings is 3. The molecule has 0 bridgehead atoms. The zero-order chi connectivity index (χ0) is 20.9. The number of anilines is 2. The normalized spacial score (nSPS) is 11.8. The Labute approximate surface area is 171 Å². The lowest BCUT2D eigenvalue weighted by Gasteiger charge is -2.10. The summed E-state index contributed by atoms with van der Waals surface area (Å²) in [7, 11) is -2.12. The summed E-state index contributed by atoms with van der Waals surface area (Å²) in [6.07, 6.45) is 0. The van der Waals surface area contributed by atoms with Gasteiger partial charge in [0, 0.05) is 5.69 Å². The van der Waals surface area contributed by atoms with Gasteiger partial charge in [-0.3, -0.25) is 10.1 Å². The monoisotopic (exact) mass is 409 g/mol. The molecule has 6 nitrogen and oxygen atoms in total. The van der Waals surface area contributed by atoms with Crippen molar-refractivity contribution in [2.75, 3.05) is 17.3 Å². The average Bonchev–Trinajstić information content (AvgIpc) is 2.73. The predicted molar refractivity (Wildman–Crippen MR) is 117 cm³/mol. The molecule has 0 unspecified atom stereocenters. The number of ether oxygens (including phenoxy) is 1. The van der Waals surface area contributed by atoms with E-state index in [9.17, 15) is 8.42 Å². The van der Waals surface area contributed by atoms with Gasteiger partial charge in [-0.2, -0.15) is 5.10 Å². The zero-order valence-corrected chi connectivity index (χ0v) is 17.3. The maximum Gasteiger partial charge on any atom is 0.261 e.